The van der Waals surface area contributed by atoms with Gasteiger partial charge in [-0.2, -0.15) is 0 Å². The van der Waals surface area contributed by atoms with Crippen molar-refractivity contribution in [3.05, 3.63) is 6.61 Å². The summed E-state index contributed by atoms with van der Waals surface area (Å²) < 4.78 is 7.45. The fourth-order valence-electron chi connectivity index (χ4n) is 0.152. The van der Waals surface area contributed by atoms with Crippen LogP contribution in [0, 0.1) is 16.5 Å². The standard InChI is InChI=1S/C5H6IO/c1-2-7-5-3-4-6/h2H,5H2,1H3. The molecule has 0 spiro atoms. The Labute approximate surface area is 57.6 Å². The first kappa shape index (κ1) is 7.25. The molecule has 0 N–H and O–H groups in total. The summed E-state index contributed by atoms with van der Waals surface area (Å²) in [7, 11) is 0. The third kappa shape index (κ3) is 6.25. The molecule has 0 amide bonds. The molecule has 1 nitrogen and oxygen atoms in total. The molecule has 0 saturated carbocycles. The summed E-state index contributed by atoms with van der Waals surface area (Å²) in [6.07, 6.45) is 0. The van der Waals surface area contributed by atoms with E-state index in [4.69, 9.17) is 4.74 Å². The third-order valence-electron chi connectivity index (χ3n) is 0.389. The van der Waals surface area contributed by atoms with Gasteiger partial charge < -0.3 is 4.74 Å². The molecule has 1 radical (unpaired) electrons. The number of rotatable bonds is 2. The van der Waals surface area contributed by atoms with Crippen molar-refractivity contribution in [2.75, 3.05) is 6.61 Å². The van der Waals surface area contributed by atoms with Crippen molar-refractivity contribution in [2.24, 2.45) is 0 Å². The molecule has 0 aliphatic carbocycles. The minimum absolute atomic E-state index is 0.513. The zero-order valence-corrected chi connectivity index (χ0v) is 6.23. The van der Waals surface area contributed by atoms with Gasteiger partial charge in [0.2, 0.25) is 0 Å². The van der Waals surface area contributed by atoms with E-state index in [1.807, 2.05) is 29.5 Å². The lowest BCUT2D eigenvalue weighted by Gasteiger charge is -1.85. The van der Waals surface area contributed by atoms with Gasteiger partial charge >= 0.3 is 0 Å². The Hall–Kier alpha value is 0.250. The Kier molecular flexibility index (Phi) is 6.47. The second kappa shape index (κ2) is 6.25. The molecule has 0 aromatic heterocycles. The molecule has 0 rings (SSSR count). The average molecular weight is 209 g/mol. The van der Waals surface area contributed by atoms with Gasteiger partial charge in [0.15, 0.2) is 0 Å². The van der Waals surface area contributed by atoms with Crippen LogP contribution in [0.3, 0.4) is 0 Å². The molecule has 39 valence electrons. The van der Waals surface area contributed by atoms with Crippen LogP contribution < -0.4 is 0 Å². The van der Waals surface area contributed by atoms with Gasteiger partial charge in [0.25, 0.3) is 0 Å². The fourth-order valence-corrected chi connectivity index (χ4v) is 0.308. The molecule has 0 atom stereocenters. The number of halogens is 1. The van der Waals surface area contributed by atoms with Crippen LogP contribution in [0.4, 0.5) is 0 Å². The van der Waals surface area contributed by atoms with Crippen LogP contribution in [0.5, 0.6) is 0 Å². The van der Waals surface area contributed by atoms with Crippen LogP contribution in [-0.2, 0) is 4.74 Å². The Morgan fingerprint density at radius 3 is 3.00 bits per heavy atom. The Balaban J connectivity index is 2.78. The van der Waals surface area contributed by atoms with Crippen LogP contribution in [0.25, 0.3) is 0 Å². The van der Waals surface area contributed by atoms with Gasteiger partial charge in [-0.25, -0.2) is 0 Å². The first-order valence-electron chi connectivity index (χ1n) is 1.89. The summed E-state index contributed by atoms with van der Waals surface area (Å²) in [5, 5.41) is 0. The second-order valence-corrected chi connectivity index (χ2v) is 1.36. The number of ether oxygens (including phenoxy) is 1. The SMILES string of the molecule is C[CH]OCC#CI. The van der Waals surface area contributed by atoms with Gasteiger partial charge in [0.1, 0.15) is 6.61 Å². The highest BCUT2D eigenvalue weighted by Gasteiger charge is 1.70. The molecule has 0 heterocycles. The van der Waals surface area contributed by atoms with E-state index < -0.39 is 0 Å². The van der Waals surface area contributed by atoms with Crippen molar-refractivity contribution in [3.63, 3.8) is 0 Å². The summed E-state index contributed by atoms with van der Waals surface area (Å²) in [6, 6.07) is 0. The van der Waals surface area contributed by atoms with Crippen LogP contribution in [0.2, 0.25) is 0 Å². The molecule has 0 fully saturated rings. The summed E-state index contributed by atoms with van der Waals surface area (Å²) in [5.74, 6) is 2.73. The van der Waals surface area contributed by atoms with Gasteiger partial charge in [0.05, 0.1) is 6.61 Å². The Morgan fingerprint density at radius 1 is 1.86 bits per heavy atom. The summed E-state index contributed by atoms with van der Waals surface area (Å²) in [6.45, 7) is 3.97. The minimum atomic E-state index is 0.513. The molecule has 0 unspecified atom stereocenters. The fraction of sp³-hybridized carbons (Fsp3) is 0.400. The third-order valence-corrected chi connectivity index (χ3v) is 0.770. The lowest BCUT2D eigenvalue weighted by Crippen LogP contribution is -1.81. The first-order valence-corrected chi connectivity index (χ1v) is 2.97. The van der Waals surface area contributed by atoms with E-state index in [2.05, 4.69) is 9.85 Å². The molecule has 0 aromatic rings. The maximum Gasteiger partial charge on any atom is 0.109 e. The number of hydrogen-bond acceptors (Lipinski definition) is 1. The smallest absolute Gasteiger partial charge is 0.109 e. The van der Waals surface area contributed by atoms with Crippen LogP contribution >= 0.6 is 22.6 Å². The molecule has 0 aliphatic rings. The minimum Gasteiger partial charge on any atom is -0.363 e. The molecule has 0 bridgehead atoms. The van der Waals surface area contributed by atoms with Crippen molar-refractivity contribution in [1.29, 1.82) is 0 Å². The highest BCUT2D eigenvalue weighted by atomic mass is 127. The lowest BCUT2D eigenvalue weighted by atomic mass is 10.7. The number of hydrogen-bond donors (Lipinski definition) is 0. The normalized spacial score (nSPS) is 7.14. The Morgan fingerprint density at radius 2 is 2.57 bits per heavy atom. The molecular formula is C5H6IO. The van der Waals surface area contributed by atoms with E-state index in [0.717, 1.165) is 0 Å². The van der Waals surface area contributed by atoms with Crippen molar-refractivity contribution >= 4 is 22.6 Å². The van der Waals surface area contributed by atoms with E-state index in [9.17, 15) is 0 Å². The zero-order chi connectivity index (χ0) is 5.54. The zero-order valence-electron chi connectivity index (χ0n) is 4.07. The summed E-state index contributed by atoms with van der Waals surface area (Å²) >= 11 is 1.97. The first-order chi connectivity index (χ1) is 3.41. The Bertz CT molecular complexity index is 79.8. The predicted octanol–water partition coefficient (Wildman–Crippen LogP) is 1.58. The van der Waals surface area contributed by atoms with E-state index in [1.165, 1.54) is 0 Å². The van der Waals surface area contributed by atoms with Gasteiger partial charge in [-0.15, -0.1) is 0 Å². The molecule has 0 saturated heterocycles. The van der Waals surface area contributed by atoms with Gasteiger partial charge in [0, 0.05) is 22.6 Å². The highest BCUT2D eigenvalue weighted by Crippen LogP contribution is 1.76. The van der Waals surface area contributed by atoms with E-state index >= 15 is 0 Å². The van der Waals surface area contributed by atoms with Gasteiger partial charge in [-0.05, 0) is 10.9 Å². The van der Waals surface area contributed by atoms with E-state index in [-0.39, 0.29) is 0 Å². The maximum atomic E-state index is 4.77. The van der Waals surface area contributed by atoms with Crippen molar-refractivity contribution in [1.82, 2.24) is 0 Å². The van der Waals surface area contributed by atoms with Crippen molar-refractivity contribution in [2.45, 2.75) is 6.92 Å². The summed E-state index contributed by atoms with van der Waals surface area (Å²) in [4.78, 5) is 0. The molecule has 0 aliphatic heterocycles. The average Bonchev–Trinajstić information content (AvgIpc) is 1.69. The maximum absolute atomic E-state index is 4.77. The monoisotopic (exact) mass is 209 g/mol. The lowest BCUT2D eigenvalue weighted by molar-refractivity contribution is 0.245. The van der Waals surface area contributed by atoms with Gasteiger partial charge in [-0.3, -0.25) is 0 Å². The molecular weight excluding hydrogens is 203 g/mol. The van der Waals surface area contributed by atoms with E-state index in [1.54, 1.807) is 6.61 Å². The topological polar surface area (TPSA) is 9.23 Å². The molecule has 7 heavy (non-hydrogen) atoms. The highest BCUT2D eigenvalue weighted by molar-refractivity contribution is 14.1. The van der Waals surface area contributed by atoms with Crippen LogP contribution in [0.15, 0.2) is 0 Å². The van der Waals surface area contributed by atoms with Gasteiger partial charge in [-0.1, -0.05) is 5.92 Å². The molecule has 0 aromatic carbocycles. The van der Waals surface area contributed by atoms with Crippen molar-refractivity contribution in [3.8, 4) is 9.85 Å². The summed E-state index contributed by atoms with van der Waals surface area (Å²) in [5.41, 5.74) is 0. The van der Waals surface area contributed by atoms with E-state index in [0.29, 0.717) is 6.61 Å². The predicted molar refractivity (Wildman–Crippen MR) is 37.7 cm³/mol. The van der Waals surface area contributed by atoms with Crippen LogP contribution in [0.1, 0.15) is 6.92 Å². The molecule has 2 heteroatoms. The van der Waals surface area contributed by atoms with Crippen LogP contribution in [-0.4, -0.2) is 6.61 Å². The quantitative estimate of drug-likeness (QED) is 0.381. The second-order valence-electron chi connectivity index (χ2n) is 0.818. The van der Waals surface area contributed by atoms with Crippen molar-refractivity contribution < 1.29 is 4.74 Å². The largest absolute Gasteiger partial charge is 0.363 e.